The molecule has 0 aromatic carbocycles. The number of aliphatic imine (C=N–C) groups is 1. The van der Waals surface area contributed by atoms with E-state index in [1.807, 2.05) is 13.5 Å². The molecule has 0 aliphatic heterocycles. The molecule has 0 aliphatic rings. The van der Waals surface area contributed by atoms with Crippen molar-refractivity contribution in [1.29, 1.82) is 0 Å². The summed E-state index contributed by atoms with van der Waals surface area (Å²) in [7, 11) is -0.249. The molecule has 6 heteroatoms. The fourth-order valence-corrected chi connectivity index (χ4v) is 3.02. The van der Waals surface area contributed by atoms with Gasteiger partial charge in [-0.2, -0.15) is 0 Å². The predicted molar refractivity (Wildman–Crippen MR) is 60.4 cm³/mol. The van der Waals surface area contributed by atoms with Crippen LogP contribution in [0.3, 0.4) is 0 Å². The second kappa shape index (κ2) is 6.80. The smallest absolute Gasteiger partial charge is 0.334 e. The molecule has 4 N–H and O–H groups in total. The average Bonchev–Trinajstić information content (AvgIpc) is 2.13. The van der Waals surface area contributed by atoms with E-state index in [0.29, 0.717) is 13.2 Å². The summed E-state index contributed by atoms with van der Waals surface area (Å²) in [6.45, 7) is 5.35. The zero-order valence-corrected chi connectivity index (χ0v) is 10.2. The first-order valence-electron chi connectivity index (χ1n) is 4.78. The Morgan fingerprint density at radius 2 is 2.07 bits per heavy atom. The average molecular weight is 219 g/mol. The van der Waals surface area contributed by atoms with Gasteiger partial charge in [0.1, 0.15) is 0 Å². The topological polar surface area (TPSA) is 82.9 Å². The second-order valence-electron chi connectivity index (χ2n) is 3.18. The molecule has 5 nitrogen and oxygen atoms in total. The number of nitrogens with two attached hydrogens (primary N) is 2. The van der Waals surface area contributed by atoms with Crippen LogP contribution in [0.4, 0.5) is 0 Å². The maximum absolute atomic E-state index is 5.59. The van der Waals surface area contributed by atoms with Crippen molar-refractivity contribution in [2.45, 2.75) is 25.9 Å². The van der Waals surface area contributed by atoms with Crippen molar-refractivity contribution in [2.24, 2.45) is 16.5 Å². The summed E-state index contributed by atoms with van der Waals surface area (Å²) in [5.41, 5.74) is 10.4. The number of hydrogen-bond donors (Lipinski definition) is 2. The highest BCUT2D eigenvalue weighted by Gasteiger charge is 2.28. The molecule has 0 heterocycles. The van der Waals surface area contributed by atoms with E-state index in [2.05, 4.69) is 4.99 Å². The van der Waals surface area contributed by atoms with Crippen molar-refractivity contribution in [3.8, 4) is 0 Å². The number of nitrogens with zero attached hydrogens (tertiary/aromatic N) is 1. The molecule has 0 aliphatic carbocycles. The number of guanidine groups is 1. The normalized spacial score (nSPS) is 14.8. The maximum Gasteiger partial charge on any atom is 0.334 e. The molecule has 0 radical (unpaired) electrons. The van der Waals surface area contributed by atoms with Crippen molar-refractivity contribution in [3.63, 3.8) is 0 Å². The highest BCUT2D eigenvalue weighted by molar-refractivity contribution is 6.65. The van der Waals surface area contributed by atoms with Gasteiger partial charge in [0.15, 0.2) is 5.96 Å². The van der Waals surface area contributed by atoms with Gasteiger partial charge in [0.05, 0.1) is 0 Å². The van der Waals surface area contributed by atoms with Crippen LogP contribution in [0.15, 0.2) is 4.99 Å². The van der Waals surface area contributed by atoms with Crippen LogP contribution in [-0.2, 0) is 8.85 Å². The monoisotopic (exact) mass is 219 g/mol. The minimum atomic E-state index is -1.95. The highest BCUT2D eigenvalue weighted by atomic mass is 28.4. The summed E-state index contributed by atoms with van der Waals surface area (Å²) in [6, 6.07) is 0.911. The minimum Gasteiger partial charge on any atom is -0.398 e. The van der Waals surface area contributed by atoms with Crippen LogP contribution in [0.2, 0.25) is 12.6 Å². The molecule has 0 saturated heterocycles. The van der Waals surface area contributed by atoms with Gasteiger partial charge in [0.25, 0.3) is 0 Å². The molecule has 1 unspecified atom stereocenters. The molecule has 84 valence electrons. The van der Waals surface area contributed by atoms with E-state index in [-0.39, 0.29) is 5.96 Å². The van der Waals surface area contributed by atoms with Gasteiger partial charge in [-0.15, -0.1) is 0 Å². The summed E-state index contributed by atoms with van der Waals surface area (Å²) in [6.07, 6.45) is 0.897. The largest absolute Gasteiger partial charge is 0.398 e. The molecule has 0 saturated carbocycles. The number of rotatable bonds is 7. The Labute approximate surface area is 86.7 Å². The van der Waals surface area contributed by atoms with Gasteiger partial charge >= 0.3 is 8.56 Å². The maximum atomic E-state index is 5.59. The molecule has 0 bridgehead atoms. The molecule has 14 heavy (non-hydrogen) atoms. The Morgan fingerprint density at radius 1 is 1.43 bits per heavy atom. The standard InChI is InChI=1S/C8H21N3O2Si/c1-4-13-14(3,12-2)7-5-6-11-8(9)10/h4-7H2,1-3H3,(H4,9,10,11). The molecule has 0 rings (SSSR count). The van der Waals surface area contributed by atoms with Gasteiger partial charge in [-0.1, -0.05) is 0 Å². The first-order chi connectivity index (χ1) is 6.54. The molecule has 0 aromatic rings. The van der Waals surface area contributed by atoms with Crippen molar-refractivity contribution < 1.29 is 8.85 Å². The van der Waals surface area contributed by atoms with Gasteiger partial charge in [0.2, 0.25) is 0 Å². The molecule has 0 spiro atoms. The van der Waals surface area contributed by atoms with Crippen LogP contribution in [0.1, 0.15) is 13.3 Å². The van der Waals surface area contributed by atoms with E-state index < -0.39 is 8.56 Å². The zero-order valence-electron chi connectivity index (χ0n) is 9.25. The summed E-state index contributed by atoms with van der Waals surface area (Å²) >= 11 is 0. The Kier molecular flexibility index (Phi) is 6.51. The van der Waals surface area contributed by atoms with Gasteiger partial charge in [-0.05, 0) is 25.9 Å². The van der Waals surface area contributed by atoms with Crippen molar-refractivity contribution in [1.82, 2.24) is 0 Å². The van der Waals surface area contributed by atoms with Crippen LogP contribution < -0.4 is 11.5 Å². The van der Waals surface area contributed by atoms with Crippen molar-refractivity contribution in [3.05, 3.63) is 0 Å². The second-order valence-corrected chi connectivity index (χ2v) is 6.65. The van der Waals surface area contributed by atoms with Crippen LogP contribution >= 0.6 is 0 Å². The van der Waals surface area contributed by atoms with E-state index in [4.69, 9.17) is 20.3 Å². The van der Waals surface area contributed by atoms with Gasteiger partial charge < -0.3 is 20.3 Å². The fraction of sp³-hybridized carbons (Fsp3) is 0.875. The quantitative estimate of drug-likeness (QED) is 0.281. The summed E-state index contributed by atoms with van der Waals surface area (Å²) in [5, 5.41) is 0. The Morgan fingerprint density at radius 3 is 2.50 bits per heavy atom. The van der Waals surface area contributed by atoms with Gasteiger partial charge in [-0.3, -0.25) is 4.99 Å². The van der Waals surface area contributed by atoms with E-state index in [1.165, 1.54) is 0 Å². The molecule has 0 fully saturated rings. The van der Waals surface area contributed by atoms with E-state index >= 15 is 0 Å². The predicted octanol–water partition coefficient (Wildman–Crippen LogP) is 0.405. The van der Waals surface area contributed by atoms with Crippen LogP contribution in [0, 0.1) is 0 Å². The lowest BCUT2D eigenvalue weighted by Crippen LogP contribution is -2.37. The third-order valence-electron chi connectivity index (χ3n) is 1.96. The molecular formula is C8H21N3O2Si. The molecule has 0 amide bonds. The first-order valence-corrected chi connectivity index (χ1v) is 7.31. The van der Waals surface area contributed by atoms with Crippen LogP contribution in [0.25, 0.3) is 0 Å². The highest BCUT2D eigenvalue weighted by Crippen LogP contribution is 2.14. The van der Waals surface area contributed by atoms with E-state index in [1.54, 1.807) is 7.11 Å². The minimum absolute atomic E-state index is 0.141. The Hall–Kier alpha value is -0.593. The van der Waals surface area contributed by atoms with Crippen LogP contribution in [0.5, 0.6) is 0 Å². The summed E-state index contributed by atoms with van der Waals surface area (Å²) < 4.78 is 11.0. The zero-order chi connectivity index (χ0) is 11.0. The number of hydrogen-bond acceptors (Lipinski definition) is 3. The first kappa shape index (κ1) is 13.4. The molecule has 0 aromatic heterocycles. The lowest BCUT2D eigenvalue weighted by Gasteiger charge is -2.23. The summed E-state index contributed by atoms with van der Waals surface area (Å²) in [5.74, 6) is 0.141. The van der Waals surface area contributed by atoms with E-state index in [9.17, 15) is 0 Å². The SMILES string of the molecule is CCO[Si](C)(CCCN=C(N)N)OC. The Balaban J connectivity index is 3.78. The summed E-state index contributed by atoms with van der Waals surface area (Å²) in [4.78, 5) is 3.91. The molecule has 1 atom stereocenters. The third kappa shape index (κ3) is 5.95. The van der Waals surface area contributed by atoms with Gasteiger partial charge in [-0.25, -0.2) is 0 Å². The lowest BCUT2D eigenvalue weighted by molar-refractivity contribution is 0.214. The van der Waals surface area contributed by atoms with E-state index in [0.717, 1.165) is 12.5 Å². The van der Waals surface area contributed by atoms with Crippen molar-refractivity contribution >= 4 is 14.5 Å². The van der Waals surface area contributed by atoms with Gasteiger partial charge in [0, 0.05) is 20.3 Å². The Bertz CT molecular complexity index is 185. The third-order valence-corrected chi connectivity index (χ3v) is 4.99. The van der Waals surface area contributed by atoms with Crippen molar-refractivity contribution in [2.75, 3.05) is 20.3 Å². The molecular weight excluding hydrogens is 198 g/mol. The fourth-order valence-electron chi connectivity index (χ4n) is 1.15. The lowest BCUT2D eigenvalue weighted by atomic mass is 10.5. The van der Waals surface area contributed by atoms with Crippen LogP contribution in [-0.4, -0.2) is 34.8 Å².